The van der Waals surface area contributed by atoms with E-state index in [4.69, 9.17) is 18.9 Å². The van der Waals surface area contributed by atoms with Crippen LogP contribution in [0.2, 0.25) is 0 Å². The average molecular weight is 589 g/mol. The van der Waals surface area contributed by atoms with Gasteiger partial charge in [-0.15, -0.1) is 0 Å². The Hall–Kier alpha value is -5.28. The van der Waals surface area contributed by atoms with Gasteiger partial charge in [0.15, 0.2) is 10.9 Å². The van der Waals surface area contributed by atoms with Crippen LogP contribution in [0.3, 0.4) is 0 Å². The third-order valence-electron chi connectivity index (χ3n) is 7.30. The summed E-state index contributed by atoms with van der Waals surface area (Å²) < 4.78 is 18.3. The molecule has 9 heteroatoms. The zero-order valence-electron chi connectivity index (χ0n) is 22.9. The van der Waals surface area contributed by atoms with Gasteiger partial charge in [0.1, 0.15) is 28.7 Å². The van der Waals surface area contributed by atoms with Gasteiger partial charge in [0.2, 0.25) is 11.6 Å². The summed E-state index contributed by atoms with van der Waals surface area (Å²) in [5.74, 6) is -1.74. The van der Waals surface area contributed by atoms with Crippen molar-refractivity contribution in [2.75, 3.05) is 11.5 Å². The second kappa shape index (κ2) is 10.8. The van der Waals surface area contributed by atoms with E-state index < -0.39 is 29.4 Å². The first kappa shape index (κ1) is 26.6. The number of hydrogen-bond donors (Lipinski definition) is 0. The molecule has 1 aliphatic heterocycles. The molecule has 1 amide bonds. The van der Waals surface area contributed by atoms with Gasteiger partial charge in [0.25, 0.3) is 5.91 Å². The molecule has 1 aliphatic rings. The minimum Gasteiger partial charge on any atom is -0.494 e. The largest absolute Gasteiger partial charge is 0.494 e. The third kappa shape index (κ3) is 4.83. The summed E-state index contributed by atoms with van der Waals surface area (Å²) in [5.41, 5.74) is 1.72. The molecule has 0 N–H and O–H groups in total. The summed E-state index contributed by atoms with van der Waals surface area (Å²) in [4.78, 5) is 47.5. The standard InChI is InChI=1S/C34H24N2O6S/c1-2-40-23-15-16-25-28(19-23)43-34(35-25)36-30(21-10-8-13-24(17-21)41-22-11-4-3-5-12-22)29(32(38)33(36)39)31(37)27-18-20-9-6-7-14-26(20)42-27/h3-19,29-30H,2H2,1H3. The van der Waals surface area contributed by atoms with Gasteiger partial charge in [0.05, 0.1) is 22.9 Å². The number of aromatic nitrogens is 1. The topological polar surface area (TPSA) is 98.9 Å². The molecular weight excluding hydrogens is 564 g/mol. The van der Waals surface area contributed by atoms with E-state index in [2.05, 4.69) is 0 Å². The number of carbonyl (C=O) groups excluding carboxylic acids is 3. The van der Waals surface area contributed by atoms with Crippen molar-refractivity contribution in [3.05, 3.63) is 114 Å². The van der Waals surface area contributed by atoms with E-state index in [1.807, 2.05) is 67.6 Å². The molecule has 6 aromatic rings. The summed E-state index contributed by atoms with van der Waals surface area (Å²) in [6, 6.07) is 29.7. The number of rotatable bonds is 8. The van der Waals surface area contributed by atoms with Crippen LogP contribution in [-0.2, 0) is 9.59 Å². The molecule has 7 rings (SSSR count). The van der Waals surface area contributed by atoms with E-state index in [1.54, 1.807) is 42.5 Å². The van der Waals surface area contributed by atoms with Crippen LogP contribution in [0, 0.1) is 5.92 Å². The van der Waals surface area contributed by atoms with Crippen LogP contribution in [0.25, 0.3) is 21.2 Å². The lowest BCUT2D eigenvalue weighted by Crippen LogP contribution is -2.30. The van der Waals surface area contributed by atoms with Gasteiger partial charge in [-0.2, -0.15) is 0 Å². The minimum atomic E-state index is -1.36. The number of thiazole rings is 1. The summed E-state index contributed by atoms with van der Waals surface area (Å²) in [5, 5.41) is 1.03. The third-order valence-corrected chi connectivity index (χ3v) is 8.32. The number of ether oxygens (including phenoxy) is 2. The first-order valence-corrected chi connectivity index (χ1v) is 14.6. The Balaban J connectivity index is 1.34. The van der Waals surface area contributed by atoms with E-state index in [9.17, 15) is 14.4 Å². The Morgan fingerprint density at radius 3 is 2.49 bits per heavy atom. The smallest absolute Gasteiger partial charge is 0.297 e. The molecule has 0 bridgehead atoms. The normalized spacial score (nSPS) is 16.7. The summed E-state index contributed by atoms with van der Waals surface area (Å²) in [6.07, 6.45) is 0. The van der Waals surface area contributed by atoms with Gasteiger partial charge >= 0.3 is 0 Å². The summed E-state index contributed by atoms with van der Waals surface area (Å²) in [6.45, 7) is 2.40. The summed E-state index contributed by atoms with van der Waals surface area (Å²) in [7, 11) is 0. The predicted octanol–water partition coefficient (Wildman–Crippen LogP) is 7.39. The highest BCUT2D eigenvalue weighted by molar-refractivity contribution is 7.22. The molecule has 8 nitrogen and oxygen atoms in total. The van der Waals surface area contributed by atoms with E-state index in [0.29, 0.717) is 45.7 Å². The van der Waals surface area contributed by atoms with Gasteiger partial charge in [-0.05, 0) is 67.1 Å². The highest BCUT2D eigenvalue weighted by Gasteiger charge is 2.54. The van der Waals surface area contributed by atoms with Crippen LogP contribution >= 0.6 is 11.3 Å². The molecule has 0 spiro atoms. The molecule has 2 aromatic heterocycles. The fourth-order valence-corrected chi connectivity index (χ4v) is 6.40. The van der Waals surface area contributed by atoms with Crippen LogP contribution < -0.4 is 14.4 Å². The molecule has 212 valence electrons. The number of carbonyl (C=O) groups is 3. The number of hydrogen-bond acceptors (Lipinski definition) is 8. The Morgan fingerprint density at radius 2 is 1.67 bits per heavy atom. The van der Waals surface area contributed by atoms with E-state index in [1.165, 1.54) is 16.2 Å². The average Bonchev–Trinajstić information content (AvgIpc) is 3.71. The molecule has 4 aromatic carbocycles. The molecule has 0 aliphatic carbocycles. The fraction of sp³-hybridized carbons (Fsp3) is 0.118. The number of Topliss-reactive ketones (excluding diaryl/α,β-unsaturated/α-hetero) is 2. The minimum absolute atomic E-state index is 0.0153. The monoisotopic (exact) mass is 588 g/mol. The van der Waals surface area contributed by atoms with E-state index in [-0.39, 0.29) is 5.76 Å². The Morgan fingerprint density at radius 1 is 0.884 bits per heavy atom. The molecule has 3 heterocycles. The van der Waals surface area contributed by atoms with Crippen LogP contribution in [0.4, 0.5) is 5.13 Å². The first-order valence-electron chi connectivity index (χ1n) is 13.8. The number of para-hydroxylation sites is 2. The maximum atomic E-state index is 14.0. The zero-order valence-corrected chi connectivity index (χ0v) is 23.7. The van der Waals surface area contributed by atoms with Crippen LogP contribution in [0.15, 0.2) is 108 Å². The number of furan rings is 1. The van der Waals surface area contributed by atoms with Crippen molar-refractivity contribution in [1.82, 2.24) is 4.98 Å². The van der Waals surface area contributed by atoms with Gasteiger partial charge in [-0.1, -0.05) is 59.9 Å². The maximum absolute atomic E-state index is 14.0. The second-order valence-electron chi connectivity index (χ2n) is 10.0. The van der Waals surface area contributed by atoms with Gasteiger partial charge in [-0.3, -0.25) is 19.3 Å². The lowest BCUT2D eigenvalue weighted by atomic mass is 9.88. The predicted molar refractivity (Wildman–Crippen MR) is 163 cm³/mol. The Kier molecular flexibility index (Phi) is 6.71. The SMILES string of the molecule is CCOc1ccc2nc(N3C(=O)C(=O)C(C(=O)c4cc5ccccc5o4)C3c3cccc(Oc4ccccc4)c3)sc2c1. The molecular formula is C34H24N2O6S. The van der Waals surface area contributed by atoms with Crippen molar-refractivity contribution >= 4 is 55.1 Å². The number of anilines is 1. The van der Waals surface area contributed by atoms with Crippen molar-refractivity contribution in [2.24, 2.45) is 5.92 Å². The van der Waals surface area contributed by atoms with Crippen LogP contribution in [0.5, 0.6) is 17.2 Å². The number of amides is 1. The van der Waals surface area contributed by atoms with Crippen LogP contribution in [-0.4, -0.2) is 29.1 Å². The molecule has 1 fully saturated rings. The first-order chi connectivity index (χ1) is 21.0. The van der Waals surface area contributed by atoms with E-state index >= 15 is 0 Å². The van der Waals surface area contributed by atoms with Crippen molar-refractivity contribution < 1.29 is 28.3 Å². The summed E-state index contributed by atoms with van der Waals surface area (Å²) >= 11 is 1.25. The number of ketones is 2. The highest BCUT2D eigenvalue weighted by Crippen LogP contribution is 2.45. The lowest BCUT2D eigenvalue weighted by molar-refractivity contribution is -0.135. The maximum Gasteiger partial charge on any atom is 0.297 e. The highest BCUT2D eigenvalue weighted by atomic mass is 32.1. The van der Waals surface area contributed by atoms with Gasteiger partial charge in [-0.25, -0.2) is 4.98 Å². The van der Waals surface area contributed by atoms with Gasteiger partial charge < -0.3 is 13.9 Å². The van der Waals surface area contributed by atoms with Gasteiger partial charge in [0, 0.05) is 5.39 Å². The number of benzene rings is 4. The number of fused-ring (bicyclic) bond motifs is 2. The quantitative estimate of drug-likeness (QED) is 0.104. The fourth-order valence-electron chi connectivity index (χ4n) is 5.38. The van der Waals surface area contributed by atoms with Crippen molar-refractivity contribution in [2.45, 2.75) is 13.0 Å². The molecule has 2 unspecified atom stereocenters. The van der Waals surface area contributed by atoms with E-state index in [0.717, 1.165) is 10.1 Å². The van der Waals surface area contributed by atoms with Crippen molar-refractivity contribution in [3.8, 4) is 17.2 Å². The zero-order chi connectivity index (χ0) is 29.5. The van der Waals surface area contributed by atoms with Crippen molar-refractivity contribution in [3.63, 3.8) is 0 Å². The van der Waals surface area contributed by atoms with Crippen LogP contribution in [0.1, 0.15) is 29.1 Å². The Bertz CT molecular complexity index is 1980. The molecule has 43 heavy (non-hydrogen) atoms. The molecule has 0 radical (unpaired) electrons. The molecule has 1 saturated heterocycles. The lowest BCUT2D eigenvalue weighted by Gasteiger charge is -2.25. The number of nitrogens with zero attached hydrogens (tertiary/aromatic N) is 2. The second-order valence-corrected chi connectivity index (χ2v) is 11.0. The molecule has 2 atom stereocenters. The van der Waals surface area contributed by atoms with Crippen molar-refractivity contribution in [1.29, 1.82) is 0 Å². The molecule has 0 saturated carbocycles. The Labute approximate surface area is 250 Å².